The quantitative estimate of drug-likeness (QED) is 0.832. The fraction of sp³-hybridized carbons (Fsp3) is 0.556. The normalized spacial score (nSPS) is 11.4. The molecule has 1 heterocycles. The minimum Gasteiger partial charge on any atom is -0.377 e. The minimum absolute atomic E-state index is 0.105. The molecule has 5 nitrogen and oxygen atoms in total. The van der Waals surface area contributed by atoms with E-state index in [2.05, 4.69) is 20.6 Å². The lowest BCUT2D eigenvalue weighted by Gasteiger charge is -2.11. The van der Waals surface area contributed by atoms with Gasteiger partial charge in [0.15, 0.2) is 5.82 Å². The first-order chi connectivity index (χ1) is 7.94. The van der Waals surface area contributed by atoms with Crippen molar-refractivity contribution in [3.05, 3.63) is 11.9 Å². The second-order valence-corrected chi connectivity index (χ2v) is 3.21. The highest BCUT2D eigenvalue weighted by molar-refractivity contribution is 5.47. The van der Waals surface area contributed by atoms with Gasteiger partial charge in [-0.25, -0.2) is 9.97 Å². The number of hydrogen-bond acceptors (Lipinski definition) is 5. The highest BCUT2D eigenvalue weighted by Crippen LogP contribution is 2.17. The van der Waals surface area contributed by atoms with Gasteiger partial charge in [0.1, 0.15) is 24.8 Å². The van der Waals surface area contributed by atoms with Crippen molar-refractivity contribution in [1.29, 1.82) is 0 Å². The van der Waals surface area contributed by atoms with Gasteiger partial charge >= 0.3 is 6.18 Å². The maximum atomic E-state index is 12.0. The predicted octanol–water partition coefficient (Wildman–Crippen LogP) is 1.64. The monoisotopic (exact) mass is 250 g/mol. The predicted molar refractivity (Wildman–Crippen MR) is 56.8 cm³/mol. The topological polar surface area (TPSA) is 59.1 Å². The Labute approximate surface area is 96.4 Å². The molecule has 0 fully saturated rings. The Hall–Kier alpha value is -1.57. The van der Waals surface area contributed by atoms with Crippen molar-refractivity contribution >= 4 is 11.6 Å². The number of alkyl halides is 3. The highest BCUT2D eigenvalue weighted by atomic mass is 19.4. The molecule has 1 aromatic heterocycles. The van der Waals surface area contributed by atoms with E-state index in [-0.39, 0.29) is 12.4 Å². The van der Waals surface area contributed by atoms with Gasteiger partial charge in [-0.05, 0) is 0 Å². The van der Waals surface area contributed by atoms with Crippen LogP contribution in [0.15, 0.2) is 6.07 Å². The van der Waals surface area contributed by atoms with Crippen molar-refractivity contribution in [2.45, 2.75) is 12.8 Å². The molecule has 0 saturated carbocycles. The number of methoxy groups -OCH3 is 1. The summed E-state index contributed by atoms with van der Waals surface area (Å²) in [6, 6.07) is 1.39. The Morgan fingerprint density at radius 1 is 1.29 bits per heavy atom. The SMILES string of the molecule is CNc1cc(NCC(F)(F)F)nc(COC)n1. The van der Waals surface area contributed by atoms with Crippen molar-refractivity contribution in [2.75, 3.05) is 31.3 Å². The molecule has 1 aromatic rings. The van der Waals surface area contributed by atoms with Crippen LogP contribution in [0.5, 0.6) is 0 Å². The molecule has 17 heavy (non-hydrogen) atoms. The average Bonchev–Trinajstić information content (AvgIpc) is 2.25. The molecule has 0 bridgehead atoms. The first-order valence-electron chi connectivity index (χ1n) is 4.80. The Bertz CT molecular complexity index is 370. The number of halogens is 3. The van der Waals surface area contributed by atoms with E-state index in [0.29, 0.717) is 11.6 Å². The molecular formula is C9H13F3N4O. The van der Waals surface area contributed by atoms with Crippen molar-refractivity contribution in [1.82, 2.24) is 9.97 Å². The second kappa shape index (κ2) is 5.67. The van der Waals surface area contributed by atoms with Crippen molar-refractivity contribution in [2.24, 2.45) is 0 Å². The van der Waals surface area contributed by atoms with Crippen LogP contribution >= 0.6 is 0 Å². The lowest BCUT2D eigenvalue weighted by atomic mass is 10.4. The summed E-state index contributed by atoms with van der Waals surface area (Å²) < 4.78 is 40.9. The van der Waals surface area contributed by atoms with Gasteiger partial charge in [0.2, 0.25) is 0 Å². The zero-order valence-corrected chi connectivity index (χ0v) is 9.43. The van der Waals surface area contributed by atoms with Crippen molar-refractivity contribution in [3.63, 3.8) is 0 Å². The summed E-state index contributed by atoms with van der Waals surface area (Å²) >= 11 is 0. The van der Waals surface area contributed by atoms with Gasteiger partial charge in [0.05, 0.1) is 0 Å². The minimum atomic E-state index is -4.29. The van der Waals surface area contributed by atoms with E-state index < -0.39 is 12.7 Å². The van der Waals surface area contributed by atoms with Gasteiger partial charge < -0.3 is 15.4 Å². The molecule has 8 heteroatoms. The zero-order chi connectivity index (χ0) is 12.9. The van der Waals surface area contributed by atoms with E-state index in [1.54, 1.807) is 7.05 Å². The van der Waals surface area contributed by atoms with Crippen LogP contribution in [0.1, 0.15) is 5.82 Å². The summed E-state index contributed by atoms with van der Waals surface area (Å²) in [4.78, 5) is 7.90. The van der Waals surface area contributed by atoms with Crippen LogP contribution in [0.2, 0.25) is 0 Å². The lowest BCUT2D eigenvalue weighted by Crippen LogP contribution is -2.22. The van der Waals surface area contributed by atoms with Crippen LogP contribution in [0.3, 0.4) is 0 Å². The molecule has 0 spiro atoms. The van der Waals surface area contributed by atoms with Crippen LogP contribution < -0.4 is 10.6 Å². The molecule has 0 aromatic carbocycles. The molecule has 1 rings (SSSR count). The molecule has 0 radical (unpaired) electrons. The molecule has 0 amide bonds. The molecule has 0 aliphatic carbocycles. The van der Waals surface area contributed by atoms with E-state index >= 15 is 0 Å². The lowest BCUT2D eigenvalue weighted by molar-refractivity contribution is -0.115. The van der Waals surface area contributed by atoms with Crippen molar-refractivity contribution in [3.8, 4) is 0 Å². The first-order valence-corrected chi connectivity index (χ1v) is 4.80. The molecule has 0 saturated heterocycles. The second-order valence-electron chi connectivity index (χ2n) is 3.21. The van der Waals surface area contributed by atoms with E-state index in [1.807, 2.05) is 0 Å². The summed E-state index contributed by atoms with van der Waals surface area (Å²) in [6.45, 7) is -1.00. The summed E-state index contributed by atoms with van der Waals surface area (Å²) in [5.41, 5.74) is 0. The third-order valence-corrected chi connectivity index (χ3v) is 1.77. The maximum Gasteiger partial charge on any atom is 0.405 e. The number of nitrogens with one attached hydrogen (secondary N) is 2. The summed E-state index contributed by atoms with van der Waals surface area (Å²) in [5, 5.41) is 4.92. The fourth-order valence-electron chi connectivity index (χ4n) is 1.10. The number of nitrogens with zero attached hydrogens (tertiary/aromatic N) is 2. The number of hydrogen-bond donors (Lipinski definition) is 2. The van der Waals surface area contributed by atoms with Gasteiger partial charge in [-0.1, -0.05) is 0 Å². The van der Waals surface area contributed by atoms with Gasteiger partial charge in [-0.2, -0.15) is 13.2 Å². The van der Waals surface area contributed by atoms with Gasteiger partial charge in [-0.15, -0.1) is 0 Å². The molecule has 0 unspecified atom stereocenters. The van der Waals surface area contributed by atoms with E-state index in [0.717, 1.165) is 0 Å². The number of rotatable bonds is 5. The summed E-state index contributed by atoms with van der Waals surface area (Å²) in [7, 11) is 3.07. The Kier molecular flexibility index (Phi) is 4.50. The van der Waals surface area contributed by atoms with Crippen LogP contribution in [0, 0.1) is 0 Å². The molecule has 0 aliphatic rings. The van der Waals surface area contributed by atoms with Crippen LogP contribution in [-0.4, -0.2) is 36.8 Å². The summed E-state index contributed by atoms with van der Waals surface area (Å²) in [6.07, 6.45) is -4.29. The van der Waals surface area contributed by atoms with E-state index in [1.165, 1.54) is 13.2 Å². The van der Waals surface area contributed by atoms with E-state index in [4.69, 9.17) is 4.74 Å². The molecule has 0 atom stereocenters. The van der Waals surface area contributed by atoms with Crippen LogP contribution in [-0.2, 0) is 11.3 Å². The standard InChI is InChI=1S/C9H13F3N4O/c1-13-6-3-7(14-5-9(10,11)12)16-8(15-6)4-17-2/h3H,4-5H2,1-2H3,(H2,13,14,15,16). The third kappa shape index (κ3) is 4.85. The van der Waals surface area contributed by atoms with Crippen LogP contribution in [0.25, 0.3) is 0 Å². The Morgan fingerprint density at radius 2 is 1.94 bits per heavy atom. The third-order valence-electron chi connectivity index (χ3n) is 1.77. The van der Waals surface area contributed by atoms with Gasteiger partial charge in [-0.3, -0.25) is 0 Å². The largest absolute Gasteiger partial charge is 0.405 e. The molecule has 96 valence electrons. The number of aromatic nitrogens is 2. The zero-order valence-electron chi connectivity index (χ0n) is 9.43. The average molecular weight is 250 g/mol. The molecule has 0 aliphatic heterocycles. The smallest absolute Gasteiger partial charge is 0.377 e. The fourth-order valence-corrected chi connectivity index (χ4v) is 1.10. The van der Waals surface area contributed by atoms with Crippen molar-refractivity contribution < 1.29 is 17.9 Å². The molecular weight excluding hydrogens is 237 g/mol. The van der Waals surface area contributed by atoms with Gasteiger partial charge in [0, 0.05) is 20.2 Å². The first kappa shape index (κ1) is 13.5. The number of anilines is 2. The van der Waals surface area contributed by atoms with Gasteiger partial charge in [0.25, 0.3) is 0 Å². The van der Waals surface area contributed by atoms with Crippen LogP contribution in [0.4, 0.5) is 24.8 Å². The maximum absolute atomic E-state index is 12.0. The Morgan fingerprint density at radius 3 is 2.47 bits per heavy atom. The van der Waals surface area contributed by atoms with E-state index in [9.17, 15) is 13.2 Å². The Balaban J connectivity index is 2.79. The summed E-state index contributed by atoms with van der Waals surface area (Å²) in [5.74, 6) is 0.842. The number of ether oxygens (including phenoxy) is 1. The highest BCUT2D eigenvalue weighted by Gasteiger charge is 2.26. The molecule has 2 N–H and O–H groups in total.